The largest absolute Gasteiger partial charge is 0.418 e. The quantitative estimate of drug-likeness (QED) is 0.291. The maximum absolute atomic E-state index is 12.5. The number of nitrogen functional groups attached to an aromatic ring is 1. The van der Waals surface area contributed by atoms with Crippen molar-refractivity contribution in [2.24, 2.45) is 0 Å². The smallest absolute Gasteiger partial charge is 0.399 e. The van der Waals surface area contributed by atoms with Crippen molar-refractivity contribution < 1.29 is 4.58 Å². The molecule has 0 unspecified atom stereocenters. The maximum atomic E-state index is 12.5. The van der Waals surface area contributed by atoms with E-state index in [4.69, 9.17) is 5.73 Å². The first-order chi connectivity index (χ1) is 13.5. The molecular formula is C21H21N6O+. The van der Waals surface area contributed by atoms with Crippen molar-refractivity contribution >= 4 is 35.3 Å². The van der Waals surface area contributed by atoms with Crippen molar-refractivity contribution in [3.05, 3.63) is 64.7 Å². The molecule has 28 heavy (non-hydrogen) atoms. The molecule has 4 rings (SSSR count). The number of allylic oxidation sites excluding steroid dienone is 1. The molecule has 0 amide bonds. The lowest BCUT2D eigenvalue weighted by molar-refractivity contribution is -0.399. The van der Waals surface area contributed by atoms with Crippen molar-refractivity contribution in [1.82, 2.24) is 19.5 Å². The number of aromatic amines is 2. The molecule has 0 aliphatic heterocycles. The standard InChI is InChI=1S/C21H20N6O/c1-4-5-18-20(26(2)3)25-21(28)27(18)15-9-6-13(7-10-15)19-23-16-11-8-14(22)12-17(16)24-19/h4-12H,2,22H2,1,3H3,(H-,23,24,25,28)/p+1. The first kappa shape index (κ1) is 17.5. The van der Waals surface area contributed by atoms with Crippen LogP contribution in [0.25, 0.3) is 34.2 Å². The number of nitrogens with two attached hydrogens (primary N) is 1. The average Bonchev–Trinajstić information content (AvgIpc) is 3.23. The monoisotopic (exact) mass is 373 g/mol. The van der Waals surface area contributed by atoms with Gasteiger partial charge in [-0.05, 0) is 55.5 Å². The highest BCUT2D eigenvalue weighted by Crippen LogP contribution is 2.24. The molecule has 0 fully saturated rings. The molecule has 0 saturated carbocycles. The van der Waals surface area contributed by atoms with Crippen LogP contribution in [0.5, 0.6) is 0 Å². The summed E-state index contributed by atoms with van der Waals surface area (Å²) in [6.45, 7) is 5.78. The van der Waals surface area contributed by atoms with Crippen LogP contribution in [0, 0.1) is 0 Å². The fraction of sp³-hybridized carbons (Fsp3) is 0.0952. The molecule has 0 bridgehead atoms. The summed E-state index contributed by atoms with van der Waals surface area (Å²) in [5.41, 5.74) is 10.5. The number of fused-ring (bicyclic) bond motifs is 1. The molecule has 2 aromatic carbocycles. The second kappa shape index (κ2) is 6.70. The number of aromatic nitrogens is 4. The maximum Gasteiger partial charge on any atom is 0.418 e. The van der Waals surface area contributed by atoms with Gasteiger partial charge in [0.1, 0.15) is 11.5 Å². The Kier molecular flexibility index (Phi) is 4.19. The third-order valence-electron chi connectivity index (χ3n) is 4.52. The van der Waals surface area contributed by atoms with Crippen molar-refractivity contribution in [2.75, 3.05) is 12.8 Å². The number of hydrogen-bond donors (Lipinski definition) is 3. The van der Waals surface area contributed by atoms with Gasteiger partial charge in [-0.2, -0.15) is 4.98 Å². The Hall–Kier alpha value is -3.87. The normalized spacial score (nSPS) is 11.5. The third-order valence-corrected chi connectivity index (χ3v) is 4.52. The van der Waals surface area contributed by atoms with Gasteiger partial charge in [0.15, 0.2) is 0 Å². The number of hydrogen-bond acceptors (Lipinski definition) is 3. The molecule has 0 spiro atoms. The Morgan fingerprint density at radius 3 is 2.61 bits per heavy atom. The Labute approximate surface area is 161 Å². The van der Waals surface area contributed by atoms with Crippen LogP contribution in [0.3, 0.4) is 0 Å². The summed E-state index contributed by atoms with van der Waals surface area (Å²) in [6.07, 6.45) is 3.77. The lowest BCUT2D eigenvalue weighted by Gasteiger charge is -2.05. The lowest BCUT2D eigenvalue weighted by Crippen LogP contribution is -2.15. The van der Waals surface area contributed by atoms with Crippen LogP contribution in [0.15, 0.2) is 53.3 Å². The van der Waals surface area contributed by atoms with Crippen LogP contribution in [-0.4, -0.2) is 37.9 Å². The first-order valence-electron chi connectivity index (χ1n) is 8.86. The summed E-state index contributed by atoms with van der Waals surface area (Å²) in [5, 5.41) is 0. The summed E-state index contributed by atoms with van der Waals surface area (Å²) >= 11 is 0. The zero-order chi connectivity index (χ0) is 19.8. The predicted molar refractivity (Wildman–Crippen MR) is 114 cm³/mol. The molecule has 7 nitrogen and oxygen atoms in total. The molecule has 0 atom stereocenters. The van der Waals surface area contributed by atoms with Crippen LogP contribution >= 0.6 is 0 Å². The highest BCUT2D eigenvalue weighted by molar-refractivity contribution is 5.82. The minimum atomic E-state index is -0.217. The van der Waals surface area contributed by atoms with E-state index < -0.39 is 0 Å². The van der Waals surface area contributed by atoms with Gasteiger partial charge in [-0.3, -0.25) is 0 Å². The van der Waals surface area contributed by atoms with E-state index in [1.54, 1.807) is 16.2 Å². The summed E-state index contributed by atoms with van der Waals surface area (Å²) in [5.74, 6) is 1.41. The highest BCUT2D eigenvalue weighted by Gasteiger charge is 2.20. The van der Waals surface area contributed by atoms with Crippen LogP contribution < -0.4 is 11.4 Å². The van der Waals surface area contributed by atoms with E-state index in [9.17, 15) is 4.79 Å². The Bertz CT molecular complexity index is 1270. The number of anilines is 1. The molecule has 0 aliphatic carbocycles. The summed E-state index contributed by atoms with van der Waals surface area (Å²) in [4.78, 5) is 23.3. The van der Waals surface area contributed by atoms with E-state index in [-0.39, 0.29) is 5.69 Å². The molecule has 0 aliphatic rings. The van der Waals surface area contributed by atoms with E-state index in [1.165, 1.54) is 0 Å². The minimum Gasteiger partial charge on any atom is -0.399 e. The zero-order valence-corrected chi connectivity index (χ0v) is 15.7. The minimum absolute atomic E-state index is 0.217. The van der Waals surface area contributed by atoms with E-state index in [2.05, 4.69) is 21.7 Å². The van der Waals surface area contributed by atoms with Crippen molar-refractivity contribution in [3.63, 3.8) is 0 Å². The average molecular weight is 373 g/mol. The number of imidazole rings is 2. The van der Waals surface area contributed by atoms with Crippen LogP contribution in [-0.2, 0) is 0 Å². The van der Waals surface area contributed by atoms with Gasteiger partial charge in [-0.15, -0.1) is 0 Å². The molecule has 0 saturated heterocycles. The number of nitrogens with zero attached hydrogens (tertiary/aromatic N) is 3. The van der Waals surface area contributed by atoms with Crippen LogP contribution in [0.1, 0.15) is 12.6 Å². The summed E-state index contributed by atoms with van der Waals surface area (Å²) in [6, 6.07) is 13.2. The molecule has 140 valence electrons. The topological polar surface area (TPSA) is 95.5 Å². The first-order valence-corrected chi connectivity index (χ1v) is 8.86. The van der Waals surface area contributed by atoms with Gasteiger partial charge >= 0.3 is 11.5 Å². The number of rotatable bonds is 4. The van der Waals surface area contributed by atoms with Gasteiger partial charge in [0, 0.05) is 11.3 Å². The molecule has 2 heterocycles. The van der Waals surface area contributed by atoms with Crippen molar-refractivity contribution in [3.8, 4) is 17.1 Å². The van der Waals surface area contributed by atoms with Crippen LogP contribution in [0.2, 0.25) is 0 Å². The second-order valence-corrected chi connectivity index (χ2v) is 6.61. The molecule has 2 aromatic heterocycles. The van der Waals surface area contributed by atoms with Crippen molar-refractivity contribution in [2.45, 2.75) is 6.92 Å². The second-order valence-electron chi connectivity index (χ2n) is 6.61. The number of benzene rings is 2. The molecular weight excluding hydrogens is 352 g/mol. The van der Waals surface area contributed by atoms with Gasteiger partial charge < -0.3 is 10.7 Å². The number of H-pyrrole nitrogens is 2. The van der Waals surface area contributed by atoms with Crippen molar-refractivity contribution in [1.29, 1.82) is 0 Å². The SMILES string of the molecule is C=[N+](C)c1[nH]c(=O)n(-c2ccc(-c3nc4ccc(N)cc4[nH]3)cc2)c1C=CC. The number of nitrogens with one attached hydrogen (secondary N) is 2. The molecule has 4 aromatic rings. The molecule has 0 radical (unpaired) electrons. The van der Waals surface area contributed by atoms with Gasteiger partial charge in [0.25, 0.3) is 0 Å². The Morgan fingerprint density at radius 2 is 1.93 bits per heavy atom. The fourth-order valence-electron chi connectivity index (χ4n) is 3.23. The zero-order valence-electron chi connectivity index (χ0n) is 15.7. The van der Waals surface area contributed by atoms with E-state index in [0.717, 1.165) is 33.8 Å². The van der Waals surface area contributed by atoms with Gasteiger partial charge in [-0.25, -0.2) is 18.9 Å². The lowest BCUT2D eigenvalue weighted by atomic mass is 10.2. The summed E-state index contributed by atoms with van der Waals surface area (Å²) < 4.78 is 3.27. The van der Waals surface area contributed by atoms with Crippen LogP contribution in [0.4, 0.5) is 11.5 Å². The van der Waals surface area contributed by atoms with Gasteiger partial charge in [0.05, 0.1) is 30.5 Å². The summed E-state index contributed by atoms with van der Waals surface area (Å²) in [7, 11) is 1.79. The molecule has 4 N–H and O–H groups in total. The molecule has 7 heteroatoms. The Morgan fingerprint density at radius 1 is 1.18 bits per heavy atom. The highest BCUT2D eigenvalue weighted by atomic mass is 16.1. The van der Waals surface area contributed by atoms with Gasteiger partial charge in [0.2, 0.25) is 0 Å². The van der Waals surface area contributed by atoms with E-state index in [1.807, 2.05) is 61.5 Å². The Balaban J connectivity index is 1.78. The predicted octanol–water partition coefficient (Wildman–Crippen LogP) is 3.30. The van der Waals surface area contributed by atoms with E-state index in [0.29, 0.717) is 11.5 Å². The van der Waals surface area contributed by atoms with E-state index >= 15 is 0 Å². The third kappa shape index (κ3) is 2.92. The van der Waals surface area contributed by atoms with Gasteiger partial charge in [-0.1, -0.05) is 6.08 Å². The fourth-order valence-corrected chi connectivity index (χ4v) is 3.23.